The highest BCUT2D eigenvalue weighted by Gasteiger charge is 2.50. The zero-order valence-electron chi connectivity index (χ0n) is 18.8. The van der Waals surface area contributed by atoms with E-state index >= 15 is 0 Å². The number of benzene rings is 2. The van der Waals surface area contributed by atoms with Gasteiger partial charge in [0.25, 0.3) is 0 Å². The third-order valence-corrected chi connectivity index (χ3v) is 7.50. The van der Waals surface area contributed by atoms with Gasteiger partial charge in [-0.05, 0) is 53.4 Å². The summed E-state index contributed by atoms with van der Waals surface area (Å²) in [5, 5.41) is 14.4. The Morgan fingerprint density at radius 2 is 1.65 bits per heavy atom. The van der Waals surface area contributed by atoms with Crippen LogP contribution >= 0.6 is 0 Å². The van der Waals surface area contributed by atoms with E-state index < -0.39 is 12.1 Å². The number of aliphatic carboxylic acids is 1. The molecule has 3 aliphatic carbocycles. The van der Waals surface area contributed by atoms with Crippen LogP contribution in [0.3, 0.4) is 0 Å². The summed E-state index contributed by atoms with van der Waals surface area (Å²) in [5.41, 5.74) is 4.76. The molecule has 34 heavy (non-hydrogen) atoms. The van der Waals surface area contributed by atoms with Crippen LogP contribution in [0.2, 0.25) is 0 Å². The SMILES string of the molecule is O=C(O)/C=C/CNC(=O)C1C[C@@H]2C[C@H](NC(=O)OCC3c4ccccc4-c4ccccc43)[C@@H]2C1. The molecule has 2 fully saturated rings. The molecule has 0 bridgehead atoms. The average molecular weight is 461 g/mol. The predicted octanol–water partition coefficient (Wildman–Crippen LogP) is 3.70. The first-order chi connectivity index (χ1) is 16.5. The van der Waals surface area contributed by atoms with E-state index in [4.69, 9.17) is 9.84 Å². The third kappa shape index (κ3) is 4.30. The lowest BCUT2D eigenvalue weighted by molar-refractivity contribution is -0.131. The molecule has 7 heteroatoms. The molecule has 2 saturated carbocycles. The van der Waals surface area contributed by atoms with Crippen molar-refractivity contribution in [3.05, 3.63) is 71.8 Å². The minimum absolute atomic E-state index is 0.0297. The van der Waals surface area contributed by atoms with Crippen molar-refractivity contribution in [2.24, 2.45) is 17.8 Å². The number of nitrogens with one attached hydrogen (secondary N) is 2. The molecule has 2 amide bonds. The third-order valence-electron chi connectivity index (χ3n) is 7.50. The normalized spacial score (nSPS) is 24.6. The summed E-state index contributed by atoms with van der Waals surface area (Å²) in [5.74, 6) is -0.431. The van der Waals surface area contributed by atoms with E-state index in [9.17, 15) is 14.4 Å². The highest BCUT2D eigenvalue weighted by atomic mass is 16.5. The summed E-state index contributed by atoms with van der Waals surface area (Å²) in [7, 11) is 0. The maximum atomic E-state index is 12.6. The van der Waals surface area contributed by atoms with E-state index in [2.05, 4.69) is 34.9 Å². The molecule has 5 rings (SSSR count). The molecule has 0 radical (unpaired) electrons. The number of hydrogen-bond donors (Lipinski definition) is 3. The molecule has 2 aromatic carbocycles. The highest BCUT2D eigenvalue weighted by molar-refractivity contribution is 5.81. The van der Waals surface area contributed by atoms with Gasteiger partial charge >= 0.3 is 12.1 Å². The summed E-state index contributed by atoms with van der Waals surface area (Å²) in [6, 6.07) is 16.5. The van der Waals surface area contributed by atoms with Gasteiger partial charge in [-0.3, -0.25) is 4.79 Å². The van der Waals surface area contributed by atoms with Crippen LogP contribution in [0.1, 0.15) is 36.3 Å². The second-order valence-electron chi connectivity index (χ2n) is 9.39. The molecule has 0 aliphatic heterocycles. The maximum absolute atomic E-state index is 12.6. The topological polar surface area (TPSA) is 105 Å². The van der Waals surface area contributed by atoms with Gasteiger partial charge in [0, 0.05) is 30.5 Å². The van der Waals surface area contributed by atoms with Gasteiger partial charge in [-0.25, -0.2) is 9.59 Å². The van der Waals surface area contributed by atoms with Crippen LogP contribution in [-0.2, 0) is 14.3 Å². The number of amides is 2. The number of hydrogen-bond acceptors (Lipinski definition) is 4. The molecular formula is C27H28N2O5. The van der Waals surface area contributed by atoms with Crippen LogP contribution in [0, 0.1) is 17.8 Å². The van der Waals surface area contributed by atoms with Crippen molar-refractivity contribution < 1.29 is 24.2 Å². The standard InChI is InChI=1S/C27H28N2O5/c30-25(31)10-5-11-28-26(32)17-12-16-14-24(22(16)13-17)29-27(33)34-15-23-20-8-3-1-6-18(20)19-7-2-4-9-21(19)23/h1-10,16-17,22-24H,11-15H2,(H,28,32)(H,29,33)(H,30,31)/b10-5+/t16-,17?,22-,24+/m1/s1. The lowest BCUT2D eigenvalue weighted by atomic mass is 9.71. The molecule has 1 unspecified atom stereocenters. The summed E-state index contributed by atoms with van der Waals surface area (Å²) < 4.78 is 5.67. The molecule has 2 aromatic rings. The molecular weight excluding hydrogens is 432 g/mol. The zero-order chi connectivity index (χ0) is 23.7. The summed E-state index contributed by atoms with van der Waals surface area (Å²) >= 11 is 0. The van der Waals surface area contributed by atoms with Crippen molar-refractivity contribution in [2.75, 3.05) is 13.2 Å². The van der Waals surface area contributed by atoms with Crippen LogP contribution in [0.15, 0.2) is 60.7 Å². The Kier molecular flexibility index (Phi) is 6.09. The number of fused-ring (bicyclic) bond motifs is 4. The number of carboxylic acid groups (broad SMARTS) is 1. The van der Waals surface area contributed by atoms with Crippen molar-refractivity contribution in [2.45, 2.75) is 31.2 Å². The van der Waals surface area contributed by atoms with E-state index in [1.165, 1.54) is 28.3 Å². The number of rotatable bonds is 7. The van der Waals surface area contributed by atoms with E-state index in [1.54, 1.807) is 0 Å². The van der Waals surface area contributed by atoms with Crippen LogP contribution in [0.25, 0.3) is 11.1 Å². The summed E-state index contributed by atoms with van der Waals surface area (Å²) in [6.45, 7) is 0.494. The van der Waals surface area contributed by atoms with E-state index in [-0.39, 0.29) is 42.9 Å². The Morgan fingerprint density at radius 1 is 0.971 bits per heavy atom. The summed E-state index contributed by atoms with van der Waals surface area (Å²) in [6.07, 6.45) is 4.43. The number of carboxylic acids is 1. The van der Waals surface area contributed by atoms with E-state index in [0.29, 0.717) is 5.92 Å². The number of alkyl carbamates (subject to hydrolysis) is 1. The van der Waals surface area contributed by atoms with E-state index in [1.807, 2.05) is 24.3 Å². The van der Waals surface area contributed by atoms with Gasteiger partial charge in [-0.2, -0.15) is 0 Å². The minimum atomic E-state index is -1.03. The largest absolute Gasteiger partial charge is 0.478 e. The van der Waals surface area contributed by atoms with Crippen molar-refractivity contribution in [1.29, 1.82) is 0 Å². The van der Waals surface area contributed by atoms with Crippen molar-refractivity contribution in [3.8, 4) is 11.1 Å². The summed E-state index contributed by atoms with van der Waals surface area (Å²) in [4.78, 5) is 35.5. The smallest absolute Gasteiger partial charge is 0.407 e. The Morgan fingerprint density at radius 3 is 2.32 bits per heavy atom. The lowest BCUT2D eigenvalue weighted by Gasteiger charge is -2.40. The fourth-order valence-electron chi connectivity index (χ4n) is 5.86. The fourth-order valence-corrected chi connectivity index (χ4v) is 5.86. The van der Waals surface area contributed by atoms with Crippen LogP contribution in [0.5, 0.6) is 0 Å². The van der Waals surface area contributed by atoms with Crippen LogP contribution < -0.4 is 10.6 Å². The van der Waals surface area contributed by atoms with Crippen molar-refractivity contribution in [1.82, 2.24) is 10.6 Å². The monoisotopic (exact) mass is 460 g/mol. The Balaban J connectivity index is 1.11. The molecule has 0 aromatic heterocycles. The van der Waals surface area contributed by atoms with Gasteiger partial charge in [0.1, 0.15) is 6.61 Å². The first kappa shape index (κ1) is 22.2. The molecule has 0 saturated heterocycles. The zero-order valence-corrected chi connectivity index (χ0v) is 18.8. The van der Waals surface area contributed by atoms with Crippen molar-refractivity contribution in [3.63, 3.8) is 0 Å². The quantitative estimate of drug-likeness (QED) is 0.547. The second kappa shape index (κ2) is 9.33. The molecule has 3 N–H and O–H groups in total. The number of ether oxygens (including phenoxy) is 1. The van der Waals surface area contributed by atoms with Crippen LogP contribution in [-0.4, -0.2) is 42.3 Å². The number of carbonyl (C=O) groups is 3. The number of carbonyl (C=O) groups excluding carboxylic acids is 2. The van der Waals surface area contributed by atoms with E-state index in [0.717, 1.165) is 25.3 Å². The molecule has 0 heterocycles. The van der Waals surface area contributed by atoms with Crippen molar-refractivity contribution >= 4 is 18.0 Å². The Labute approximate surface area is 198 Å². The fraction of sp³-hybridized carbons (Fsp3) is 0.370. The first-order valence-electron chi connectivity index (χ1n) is 11.8. The molecule has 7 nitrogen and oxygen atoms in total. The first-order valence-corrected chi connectivity index (χ1v) is 11.8. The van der Waals surface area contributed by atoms with Gasteiger partial charge in [-0.15, -0.1) is 0 Å². The highest BCUT2D eigenvalue weighted by Crippen LogP contribution is 2.50. The van der Waals surface area contributed by atoms with Gasteiger partial charge < -0.3 is 20.5 Å². The Bertz CT molecular complexity index is 1100. The second-order valence-corrected chi connectivity index (χ2v) is 9.39. The van der Waals surface area contributed by atoms with Gasteiger partial charge in [0.15, 0.2) is 0 Å². The Hall–Kier alpha value is -3.61. The maximum Gasteiger partial charge on any atom is 0.407 e. The van der Waals surface area contributed by atoms with Gasteiger partial charge in [0.05, 0.1) is 0 Å². The molecule has 4 atom stereocenters. The molecule has 176 valence electrons. The molecule has 0 spiro atoms. The van der Waals surface area contributed by atoms with Gasteiger partial charge in [0.2, 0.25) is 5.91 Å². The van der Waals surface area contributed by atoms with Crippen LogP contribution in [0.4, 0.5) is 4.79 Å². The van der Waals surface area contributed by atoms with Gasteiger partial charge in [-0.1, -0.05) is 54.6 Å². The predicted molar refractivity (Wildman–Crippen MR) is 126 cm³/mol. The average Bonchev–Trinajstić information content (AvgIpc) is 3.34. The lowest BCUT2D eigenvalue weighted by Crippen LogP contribution is -2.50. The minimum Gasteiger partial charge on any atom is -0.478 e. The molecule has 3 aliphatic rings.